The topological polar surface area (TPSA) is 12.0 Å². The molecule has 13 heavy (non-hydrogen) atoms. The Bertz CT molecular complexity index is 308. The van der Waals surface area contributed by atoms with E-state index in [0.29, 0.717) is 0 Å². The molecule has 0 unspecified atom stereocenters. The fraction of sp³-hybridized carbons (Fsp3) is 0.400. The van der Waals surface area contributed by atoms with Crippen molar-refractivity contribution < 1.29 is 0 Å². The molecule has 0 atom stereocenters. The van der Waals surface area contributed by atoms with Gasteiger partial charge in [-0.3, -0.25) is 0 Å². The standard InChI is InChI=1S/C10H11Br2N/c11-8-3-4-9(12)10(5-8)13-6-7-1-2-7/h3-5,7,13H,1-2,6H2. The van der Waals surface area contributed by atoms with Crippen molar-refractivity contribution in [1.82, 2.24) is 0 Å². The highest BCUT2D eigenvalue weighted by Gasteiger charge is 2.20. The van der Waals surface area contributed by atoms with Crippen LogP contribution in [-0.4, -0.2) is 6.54 Å². The molecule has 0 radical (unpaired) electrons. The van der Waals surface area contributed by atoms with Crippen LogP contribution in [0.4, 0.5) is 5.69 Å². The van der Waals surface area contributed by atoms with Gasteiger partial charge in [0.1, 0.15) is 0 Å². The van der Waals surface area contributed by atoms with Crippen LogP contribution in [0, 0.1) is 5.92 Å². The lowest BCUT2D eigenvalue weighted by Crippen LogP contribution is -2.03. The molecule has 1 saturated carbocycles. The van der Waals surface area contributed by atoms with E-state index >= 15 is 0 Å². The Labute approximate surface area is 95.2 Å². The summed E-state index contributed by atoms with van der Waals surface area (Å²) in [6.07, 6.45) is 2.78. The summed E-state index contributed by atoms with van der Waals surface area (Å²) < 4.78 is 2.25. The Kier molecular flexibility index (Phi) is 2.94. The van der Waals surface area contributed by atoms with Crippen molar-refractivity contribution in [3.63, 3.8) is 0 Å². The van der Waals surface area contributed by atoms with E-state index in [9.17, 15) is 0 Å². The van der Waals surface area contributed by atoms with Crippen LogP contribution in [0.15, 0.2) is 27.1 Å². The van der Waals surface area contributed by atoms with Crippen LogP contribution in [-0.2, 0) is 0 Å². The van der Waals surface area contributed by atoms with Crippen molar-refractivity contribution in [3.05, 3.63) is 27.1 Å². The maximum atomic E-state index is 3.52. The van der Waals surface area contributed by atoms with Gasteiger partial charge in [0.2, 0.25) is 0 Å². The van der Waals surface area contributed by atoms with Crippen molar-refractivity contribution in [1.29, 1.82) is 0 Å². The molecule has 0 heterocycles. The van der Waals surface area contributed by atoms with Crippen molar-refractivity contribution in [3.8, 4) is 0 Å². The monoisotopic (exact) mass is 303 g/mol. The number of nitrogens with one attached hydrogen (secondary N) is 1. The van der Waals surface area contributed by atoms with Gasteiger partial charge >= 0.3 is 0 Å². The minimum Gasteiger partial charge on any atom is -0.384 e. The van der Waals surface area contributed by atoms with E-state index in [1.165, 1.54) is 18.5 Å². The average Bonchev–Trinajstić information content (AvgIpc) is 2.90. The molecule has 1 fully saturated rings. The first kappa shape index (κ1) is 9.53. The van der Waals surface area contributed by atoms with E-state index in [2.05, 4.69) is 49.3 Å². The van der Waals surface area contributed by atoms with Crippen molar-refractivity contribution in [2.75, 3.05) is 11.9 Å². The summed E-state index contributed by atoms with van der Waals surface area (Å²) in [5, 5.41) is 3.44. The summed E-state index contributed by atoms with van der Waals surface area (Å²) in [5.74, 6) is 0.908. The van der Waals surface area contributed by atoms with Crippen LogP contribution in [0.2, 0.25) is 0 Å². The molecule has 1 aromatic carbocycles. The Morgan fingerprint density at radius 2 is 2.08 bits per heavy atom. The zero-order valence-electron chi connectivity index (χ0n) is 7.19. The van der Waals surface area contributed by atoms with Gasteiger partial charge in [0.25, 0.3) is 0 Å². The molecular formula is C10H11Br2N. The SMILES string of the molecule is Brc1ccc(Br)c(NCC2CC2)c1. The average molecular weight is 305 g/mol. The Morgan fingerprint density at radius 1 is 1.31 bits per heavy atom. The van der Waals surface area contributed by atoms with Crippen LogP contribution in [0.5, 0.6) is 0 Å². The number of hydrogen-bond acceptors (Lipinski definition) is 1. The molecular weight excluding hydrogens is 294 g/mol. The quantitative estimate of drug-likeness (QED) is 0.889. The fourth-order valence-electron chi connectivity index (χ4n) is 1.21. The number of rotatable bonds is 3. The largest absolute Gasteiger partial charge is 0.384 e. The highest BCUT2D eigenvalue weighted by molar-refractivity contribution is 9.11. The predicted octanol–water partition coefficient (Wildman–Crippen LogP) is 4.03. The van der Waals surface area contributed by atoms with Gasteiger partial charge in [-0.15, -0.1) is 0 Å². The van der Waals surface area contributed by atoms with Crippen molar-refractivity contribution in [2.24, 2.45) is 5.92 Å². The number of hydrogen-bond donors (Lipinski definition) is 1. The molecule has 2 rings (SSSR count). The third-order valence-electron chi connectivity index (χ3n) is 2.21. The van der Waals surface area contributed by atoms with Crippen molar-refractivity contribution >= 4 is 37.5 Å². The summed E-state index contributed by atoms with van der Waals surface area (Å²) in [6.45, 7) is 1.11. The van der Waals surface area contributed by atoms with Crippen LogP contribution in [0.3, 0.4) is 0 Å². The van der Waals surface area contributed by atoms with E-state index in [4.69, 9.17) is 0 Å². The van der Waals surface area contributed by atoms with E-state index in [-0.39, 0.29) is 0 Å². The van der Waals surface area contributed by atoms with Crippen LogP contribution in [0.1, 0.15) is 12.8 Å². The first-order valence-corrected chi connectivity index (χ1v) is 6.03. The Balaban J connectivity index is 2.03. The first-order chi connectivity index (χ1) is 6.25. The minimum absolute atomic E-state index is 0.908. The smallest absolute Gasteiger partial charge is 0.0496 e. The van der Waals surface area contributed by atoms with Gasteiger partial charge in [0, 0.05) is 21.2 Å². The molecule has 1 aromatic rings. The van der Waals surface area contributed by atoms with Crippen LogP contribution >= 0.6 is 31.9 Å². The molecule has 0 saturated heterocycles. The second-order valence-electron chi connectivity index (χ2n) is 3.45. The molecule has 1 aliphatic rings. The number of anilines is 1. The highest BCUT2D eigenvalue weighted by Crippen LogP contribution is 2.31. The van der Waals surface area contributed by atoms with Crippen LogP contribution in [0.25, 0.3) is 0 Å². The lowest BCUT2D eigenvalue weighted by Gasteiger charge is -2.07. The van der Waals surface area contributed by atoms with E-state index in [1.807, 2.05) is 6.07 Å². The third-order valence-corrected chi connectivity index (χ3v) is 3.39. The van der Waals surface area contributed by atoms with Crippen molar-refractivity contribution in [2.45, 2.75) is 12.8 Å². The van der Waals surface area contributed by atoms with E-state index in [1.54, 1.807) is 0 Å². The normalized spacial score (nSPS) is 15.8. The second kappa shape index (κ2) is 4.01. The van der Waals surface area contributed by atoms with Gasteiger partial charge in [0.15, 0.2) is 0 Å². The minimum atomic E-state index is 0.908. The van der Waals surface area contributed by atoms with Crippen LogP contribution < -0.4 is 5.32 Å². The highest BCUT2D eigenvalue weighted by atomic mass is 79.9. The van der Waals surface area contributed by atoms with E-state index in [0.717, 1.165) is 21.4 Å². The molecule has 0 spiro atoms. The zero-order valence-corrected chi connectivity index (χ0v) is 10.4. The lowest BCUT2D eigenvalue weighted by molar-refractivity contribution is 0.888. The van der Waals surface area contributed by atoms with E-state index < -0.39 is 0 Å². The molecule has 0 aliphatic heterocycles. The van der Waals surface area contributed by atoms with Gasteiger partial charge in [0.05, 0.1) is 0 Å². The zero-order chi connectivity index (χ0) is 9.26. The number of benzene rings is 1. The summed E-state index contributed by atoms with van der Waals surface area (Å²) in [7, 11) is 0. The second-order valence-corrected chi connectivity index (χ2v) is 5.22. The van der Waals surface area contributed by atoms with Gasteiger partial charge in [-0.1, -0.05) is 15.9 Å². The summed E-state index contributed by atoms with van der Waals surface area (Å²) >= 11 is 6.98. The molecule has 1 N–H and O–H groups in total. The molecule has 1 nitrogen and oxygen atoms in total. The summed E-state index contributed by atoms with van der Waals surface area (Å²) in [4.78, 5) is 0. The first-order valence-electron chi connectivity index (χ1n) is 4.44. The van der Waals surface area contributed by atoms with Gasteiger partial charge in [-0.2, -0.15) is 0 Å². The molecule has 0 amide bonds. The lowest BCUT2D eigenvalue weighted by atomic mass is 10.3. The Hall–Kier alpha value is -0.0200. The molecule has 0 bridgehead atoms. The Morgan fingerprint density at radius 3 is 2.77 bits per heavy atom. The maximum absolute atomic E-state index is 3.52. The summed E-state index contributed by atoms with van der Waals surface area (Å²) in [5.41, 5.74) is 1.18. The maximum Gasteiger partial charge on any atom is 0.0496 e. The molecule has 1 aliphatic carbocycles. The van der Waals surface area contributed by atoms with Gasteiger partial charge in [-0.05, 0) is 52.9 Å². The third kappa shape index (κ3) is 2.71. The molecule has 3 heteroatoms. The fourth-order valence-corrected chi connectivity index (χ4v) is 1.96. The molecule has 70 valence electrons. The predicted molar refractivity (Wildman–Crippen MR) is 63.1 cm³/mol. The van der Waals surface area contributed by atoms with Gasteiger partial charge in [-0.25, -0.2) is 0 Å². The molecule has 0 aromatic heterocycles. The summed E-state index contributed by atoms with van der Waals surface area (Å²) in [6, 6.07) is 6.19. The number of halogens is 2. The van der Waals surface area contributed by atoms with Gasteiger partial charge < -0.3 is 5.32 Å².